The van der Waals surface area contributed by atoms with E-state index in [9.17, 15) is 9.59 Å². The van der Waals surface area contributed by atoms with E-state index in [1.165, 1.54) is 0 Å². The summed E-state index contributed by atoms with van der Waals surface area (Å²) in [6.45, 7) is 5.83. The molecule has 1 aromatic carbocycles. The lowest BCUT2D eigenvalue weighted by Crippen LogP contribution is -2.50. The lowest BCUT2D eigenvalue weighted by atomic mass is 9.83. The van der Waals surface area contributed by atoms with Crippen molar-refractivity contribution >= 4 is 17.5 Å². The van der Waals surface area contributed by atoms with Gasteiger partial charge in [-0.1, -0.05) is 18.5 Å². The molecule has 2 aromatic heterocycles. The van der Waals surface area contributed by atoms with E-state index in [-0.39, 0.29) is 16.9 Å². The van der Waals surface area contributed by atoms with Crippen LogP contribution < -0.4 is 10.3 Å². The summed E-state index contributed by atoms with van der Waals surface area (Å²) in [5.74, 6) is 0.659. The largest absolute Gasteiger partial charge is 0.492 e. The molecule has 1 atom stereocenters. The number of aromatic nitrogens is 3. The van der Waals surface area contributed by atoms with Gasteiger partial charge in [0.15, 0.2) is 0 Å². The van der Waals surface area contributed by atoms with Crippen LogP contribution in [-0.4, -0.2) is 44.6 Å². The fourth-order valence-corrected chi connectivity index (χ4v) is 4.50. The van der Waals surface area contributed by atoms with Gasteiger partial charge < -0.3 is 18.8 Å². The summed E-state index contributed by atoms with van der Waals surface area (Å²) >= 11 is 6.19. The van der Waals surface area contributed by atoms with Crippen LogP contribution in [0.3, 0.4) is 0 Å². The van der Waals surface area contributed by atoms with Crippen LogP contribution in [0.4, 0.5) is 0 Å². The minimum absolute atomic E-state index is 0.150. The summed E-state index contributed by atoms with van der Waals surface area (Å²) in [5, 5.41) is 0.648. The van der Waals surface area contributed by atoms with E-state index in [1.807, 2.05) is 19.1 Å². The molecule has 0 radical (unpaired) electrons. The zero-order chi connectivity index (χ0) is 21.0. The van der Waals surface area contributed by atoms with E-state index in [1.54, 1.807) is 44.8 Å². The van der Waals surface area contributed by atoms with Crippen LogP contribution in [0.15, 0.2) is 47.7 Å². The van der Waals surface area contributed by atoms with Crippen molar-refractivity contribution in [2.24, 2.45) is 0 Å². The van der Waals surface area contributed by atoms with E-state index in [2.05, 4.69) is 11.9 Å². The third-order valence-electron chi connectivity index (χ3n) is 5.92. The first kappa shape index (κ1) is 18.9. The fourth-order valence-electron chi connectivity index (χ4n) is 4.33. The second kappa shape index (κ2) is 6.74. The van der Waals surface area contributed by atoms with Gasteiger partial charge in [0.1, 0.15) is 17.1 Å². The molecule has 5 rings (SSSR count). The number of amides is 1. The van der Waals surface area contributed by atoms with Crippen molar-refractivity contribution in [1.29, 1.82) is 0 Å². The number of pyridine rings is 1. The molecule has 7 nitrogen and oxygen atoms in total. The molecule has 0 N–H and O–H groups in total. The molecule has 0 aliphatic carbocycles. The molecule has 2 aliphatic heterocycles. The Balaban J connectivity index is 1.45. The van der Waals surface area contributed by atoms with Crippen molar-refractivity contribution in [3.8, 4) is 11.4 Å². The van der Waals surface area contributed by atoms with Gasteiger partial charge in [0.05, 0.1) is 18.6 Å². The van der Waals surface area contributed by atoms with Gasteiger partial charge in [0, 0.05) is 41.8 Å². The number of halogens is 1. The number of carbonyl (C=O) groups is 1. The van der Waals surface area contributed by atoms with Crippen molar-refractivity contribution in [2.75, 3.05) is 19.7 Å². The monoisotopic (exact) mass is 424 g/mol. The highest BCUT2D eigenvalue weighted by Gasteiger charge is 2.40. The van der Waals surface area contributed by atoms with Gasteiger partial charge in [-0.3, -0.25) is 9.59 Å². The number of fused-ring (bicyclic) bond motifs is 2. The van der Waals surface area contributed by atoms with E-state index < -0.39 is 0 Å². The van der Waals surface area contributed by atoms with Gasteiger partial charge in [-0.25, -0.2) is 4.98 Å². The van der Waals surface area contributed by atoms with E-state index in [4.69, 9.17) is 16.3 Å². The van der Waals surface area contributed by atoms with Crippen LogP contribution in [0, 0.1) is 6.92 Å². The van der Waals surface area contributed by atoms with Gasteiger partial charge in [0.25, 0.3) is 11.5 Å². The quantitative estimate of drug-likeness (QED) is 0.648. The van der Waals surface area contributed by atoms with E-state index in [0.29, 0.717) is 42.6 Å². The van der Waals surface area contributed by atoms with Gasteiger partial charge in [0.2, 0.25) is 0 Å². The maximum absolute atomic E-state index is 13.2. The normalized spacial score (nSPS) is 20.1. The molecule has 0 spiro atoms. The number of rotatable bonds is 3. The second-order valence-corrected chi connectivity index (χ2v) is 8.64. The Morgan fingerprint density at radius 3 is 2.80 bits per heavy atom. The SMILES string of the molecule is Cc1cn(-c2ccc3n(c2=O)CCN(CC2(C)COc4ccc(Cl)cc42)C3=O)cn1. The number of aryl methyl sites for hydroxylation is 1. The van der Waals surface area contributed by atoms with Crippen LogP contribution >= 0.6 is 11.6 Å². The molecule has 2 aliphatic rings. The zero-order valence-electron chi connectivity index (χ0n) is 16.8. The highest BCUT2D eigenvalue weighted by atomic mass is 35.5. The van der Waals surface area contributed by atoms with E-state index >= 15 is 0 Å². The molecule has 0 fully saturated rings. The Kier molecular flexibility index (Phi) is 4.25. The number of imidazole rings is 1. The van der Waals surface area contributed by atoms with Crippen LogP contribution in [0.1, 0.15) is 28.7 Å². The lowest BCUT2D eigenvalue weighted by molar-refractivity contribution is 0.0646. The van der Waals surface area contributed by atoms with Crippen molar-refractivity contribution in [3.05, 3.63) is 75.2 Å². The van der Waals surface area contributed by atoms with Gasteiger partial charge in [-0.05, 0) is 37.3 Å². The van der Waals surface area contributed by atoms with Crippen LogP contribution in [0.5, 0.6) is 5.75 Å². The number of hydrogen-bond acceptors (Lipinski definition) is 4. The zero-order valence-corrected chi connectivity index (χ0v) is 17.5. The molecule has 4 heterocycles. The third-order valence-corrected chi connectivity index (χ3v) is 6.16. The Hall–Kier alpha value is -3.06. The first-order chi connectivity index (χ1) is 14.4. The number of nitrogens with zero attached hydrogens (tertiary/aromatic N) is 4. The summed E-state index contributed by atoms with van der Waals surface area (Å²) in [5.41, 5.74) is 2.18. The predicted molar refractivity (Wildman–Crippen MR) is 113 cm³/mol. The summed E-state index contributed by atoms with van der Waals surface area (Å²) in [6.07, 6.45) is 3.41. The van der Waals surface area contributed by atoms with Gasteiger partial charge in [-0.15, -0.1) is 0 Å². The summed E-state index contributed by atoms with van der Waals surface area (Å²) in [6, 6.07) is 9.00. The van der Waals surface area contributed by atoms with Crippen LogP contribution in [-0.2, 0) is 12.0 Å². The summed E-state index contributed by atoms with van der Waals surface area (Å²) in [7, 11) is 0. The van der Waals surface area contributed by atoms with Gasteiger partial charge >= 0.3 is 0 Å². The summed E-state index contributed by atoms with van der Waals surface area (Å²) in [4.78, 5) is 32.2. The smallest absolute Gasteiger partial charge is 0.275 e. The number of benzene rings is 1. The number of carbonyl (C=O) groups excluding carboxylic acids is 1. The average Bonchev–Trinajstić information content (AvgIpc) is 3.28. The minimum Gasteiger partial charge on any atom is -0.492 e. The fraction of sp³-hybridized carbons (Fsp3) is 0.318. The first-order valence-electron chi connectivity index (χ1n) is 9.83. The highest BCUT2D eigenvalue weighted by molar-refractivity contribution is 6.30. The molecule has 30 heavy (non-hydrogen) atoms. The Labute approximate surface area is 178 Å². The van der Waals surface area contributed by atoms with E-state index in [0.717, 1.165) is 17.0 Å². The number of hydrogen-bond donors (Lipinski definition) is 0. The van der Waals surface area contributed by atoms with Gasteiger partial charge in [-0.2, -0.15) is 0 Å². The molecule has 0 saturated carbocycles. The Morgan fingerprint density at radius 2 is 2.03 bits per heavy atom. The third kappa shape index (κ3) is 2.92. The average molecular weight is 425 g/mol. The Bertz CT molecular complexity index is 1230. The van der Waals surface area contributed by atoms with Crippen molar-refractivity contribution < 1.29 is 9.53 Å². The molecule has 1 unspecified atom stereocenters. The molecular formula is C22H21ClN4O3. The first-order valence-corrected chi connectivity index (χ1v) is 10.2. The minimum atomic E-state index is -0.355. The highest BCUT2D eigenvalue weighted by Crippen LogP contribution is 2.41. The maximum Gasteiger partial charge on any atom is 0.275 e. The molecule has 0 saturated heterocycles. The maximum atomic E-state index is 13.2. The second-order valence-electron chi connectivity index (χ2n) is 8.20. The standard InChI is InChI=1S/C22H21ClN4O3/c1-14-10-26(13-24-14)17-4-5-18-20(28)25(7-8-27(18)21(17)29)11-22(2)12-30-19-6-3-15(23)9-16(19)22/h3-6,9-10,13H,7-8,11-12H2,1-2H3. The molecule has 8 heteroatoms. The molecular weight excluding hydrogens is 404 g/mol. The molecule has 1 amide bonds. The predicted octanol–water partition coefficient (Wildman–Crippen LogP) is 2.80. The molecule has 0 bridgehead atoms. The van der Waals surface area contributed by atoms with Crippen molar-refractivity contribution in [2.45, 2.75) is 25.8 Å². The molecule has 3 aromatic rings. The lowest BCUT2D eigenvalue weighted by Gasteiger charge is -2.35. The molecule has 154 valence electrons. The number of ether oxygens (including phenoxy) is 1. The van der Waals surface area contributed by atoms with Crippen LogP contribution in [0.2, 0.25) is 5.02 Å². The van der Waals surface area contributed by atoms with Crippen molar-refractivity contribution in [3.63, 3.8) is 0 Å². The summed E-state index contributed by atoms with van der Waals surface area (Å²) < 4.78 is 9.09. The Morgan fingerprint density at radius 1 is 1.20 bits per heavy atom. The van der Waals surface area contributed by atoms with Crippen LogP contribution in [0.25, 0.3) is 5.69 Å². The topological polar surface area (TPSA) is 69.4 Å². The van der Waals surface area contributed by atoms with Crippen molar-refractivity contribution in [1.82, 2.24) is 19.0 Å².